The number of aromatic nitrogens is 2. The Labute approximate surface area is 112 Å². The van der Waals surface area contributed by atoms with Crippen molar-refractivity contribution in [2.24, 2.45) is 0 Å². The molecule has 0 radical (unpaired) electrons. The molecule has 0 fully saturated rings. The minimum atomic E-state index is 0.403. The minimum Gasteiger partial charge on any atom is -0.374 e. The van der Waals surface area contributed by atoms with Crippen molar-refractivity contribution in [2.45, 2.75) is 13.5 Å². The average molecular weight is 276 g/mol. The fraction of sp³-hybridized carbons (Fsp3) is 0.636. The summed E-state index contributed by atoms with van der Waals surface area (Å²) in [5, 5.41) is 0.459. The normalized spacial score (nSPS) is 10.6. The van der Waals surface area contributed by atoms with Gasteiger partial charge in [-0.15, -0.1) is 0 Å². The maximum Gasteiger partial charge on any atom is 0.158 e. The van der Waals surface area contributed by atoms with E-state index in [0.717, 1.165) is 18.1 Å². The Morgan fingerprint density at radius 3 is 2.88 bits per heavy atom. The number of halogens is 1. The topological polar surface area (TPSA) is 38.2 Å². The molecule has 0 N–H and O–H groups in total. The van der Waals surface area contributed by atoms with Crippen LogP contribution in [0.3, 0.4) is 0 Å². The van der Waals surface area contributed by atoms with Gasteiger partial charge in [0.1, 0.15) is 17.6 Å². The Morgan fingerprint density at radius 1 is 1.47 bits per heavy atom. The molecule has 0 bridgehead atoms. The quantitative estimate of drug-likeness (QED) is 0.715. The number of hydrogen-bond acceptors (Lipinski definition) is 5. The molecule has 6 heteroatoms. The number of hydrogen-bond donors (Lipinski definition) is 0. The molecule has 1 rings (SSSR count). The van der Waals surface area contributed by atoms with Crippen molar-refractivity contribution in [1.82, 2.24) is 9.97 Å². The number of ether oxygens (including phenoxy) is 1. The maximum atomic E-state index is 5.97. The fourth-order valence-corrected chi connectivity index (χ4v) is 1.90. The molecule has 1 aromatic heterocycles. The first-order valence-corrected chi connectivity index (χ1v) is 7.25. The van der Waals surface area contributed by atoms with Gasteiger partial charge in [0.05, 0.1) is 0 Å². The van der Waals surface area contributed by atoms with Gasteiger partial charge in [0.2, 0.25) is 0 Å². The second-order valence-electron chi connectivity index (χ2n) is 3.52. The summed E-state index contributed by atoms with van der Waals surface area (Å²) in [6.45, 7) is 3.92. The van der Waals surface area contributed by atoms with Crippen LogP contribution in [0, 0.1) is 0 Å². The highest BCUT2D eigenvalue weighted by Crippen LogP contribution is 2.15. The predicted molar refractivity (Wildman–Crippen MR) is 74.0 cm³/mol. The van der Waals surface area contributed by atoms with Gasteiger partial charge in [0.15, 0.2) is 5.82 Å². The van der Waals surface area contributed by atoms with Gasteiger partial charge in [0.25, 0.3) is 0 Å². The van der Waals surface area contributed by atoms with E-state index in [9.17, 15) is 0 Å². The van der Waals surface area contributed by atoms with Crippen LogP contribution in [-0.2, 0) is 11.3 Å². The van der Waals surface area contributed by atoms with Crippen LogP contribution in [0.2, 0.25) is 5.15 Å². The molecule has 0 unspecified atom stereocenters. The van der Waals surface area contributed by atoms with E-state index in [4.69, 9.17) is 16.3 Å². The molecule has 0 amide bonds. The number of rotatable bonds is 7. The minimum absolute atomic E-state index is 0.403. The molecule has 96 valence electrons. The summed E-state index contributed by atoms with van der Waals surface area (Å²) in [6.07, 6.45) is 2.08. The first-order chi connectivity index (χ1) is 8.17. The van der Waals surface area contributed by atoms with Gasteiger partial charge in [0, 0.05) is 32.0 Å². The average Bonchev–Trinajstić information content (AvgIpc) is 2.32. The van der Waals surface area contributed by atoms with E-state index in [1.807, 2.05) is 14.0 Å². The third-order valence-electron chi connectivity index (χ3n) is 2.18. The largest absolute Gasteiger partial charge is 0.374 e. The predicted octanol–water partition coefficient (Wildman–Crippen LogP) is 2.47. The second kappa shape index (κ2) is 7.74. The summed E-state index contributed by atoms with van der Waals surface area (Å²) in [6, 6.07) is 1.78. The molecule has 17 heavy (non-hydrogen) atoms. The third-order valence-corrected chi connectivity index (χ3v) is 2.97. The highest BCUT2D eigenvalue weighted by Gasteiger charge is 2.07. The molecule has 1 heterocycles. The Kier molecular flexibility index (Phi) is 6.62. The van der Waals surface area contributed by atoms with E-state index in [-0.39, 0.29) is 0 Å². The summed E-state index contributed by atoms with van der Waals surface area (Å²) in [5.41, 5.74) is 0. The van der Waals surface area contributed by atoms with E-state index < -0.39 is 0 Å². The van der Waals surface area contributed by atoms with Gasteiger partial charge in [-0.2, -0.15) is 11.8 Å². The van der Waals surface area contributed by atoms with Crippen LogP contribution >= 0.6 is 23.4 Å². The summed E-state index contributed by atoms with van der Waals surface area (Å²) in [7, 11) is 2.00. The summed E-state index contributed by atoms with van der Waals surface area (Å²) in [5.74, 6) is 2.53. The van der Waals surface area contributed by atoms with Crippen molar-refractivity contribution >= 4 is 29.2 Å². The lowest BCUT2D eigenvalue weighted by Gasteiger charge is -2.18. The van der Waals surface area contributed by atoms with Crippen LogP contribution in [0.25, 0.3) is 0 Å². The van der Waals surface area contributed by atoms with Crippen molar-refractivity contribution in [3.05, 3.63) is 17.0 Å². The molecule has 0 atom stereocenters. The fourth-order valence-electron chi connectivity index (χ4n) is 1.25. The van der Waals surface area contributed by atoms with Gasteiger partial charge >= 0.3 is 0 Å². The highest BCUT2D eigenvalue weighted by atomic mass is 35.5. The van der Waals surface area contributed by atoms with Gasteiger partial charge in [-0.3, -0.25) is 0 Å². The summed E-state index contributed by atoms with van der Waals surface area (Å²) < 4.78 is 5.28. The van der Waals surface area contributed by atoms with E-state index in [1.165, 1.54) is 0 Å². The van der Waals surface area contributed by atoms with Crippen molar-refractivity contribution in [3.63, 3.8) is 0 Å². The molecular weight excluding hydrogens is 258 g/mol. The van der Waals surface area contributed by atoms with Crippen molar-refractivity contribution in [2.75, 3.05) is 37.1 Å². The molecule has 0 aliphatic carbocycles. The van der Waals surface area contributed by atoms with E-state index >= 15 is 0 Å². The van der Waals surface area contributed by atoms with Crippen LogP contribution in [0.15, 0.2) is 6.07 Å². The molecular formula is C11H18ClN3OS. The second-order valence-corrected chi connectivity index (χ2v) is 4.89. The van der Waals surface area contributed by atoms with Crippen LogP contribution in [0.4, 0.5) is 5.82 Å². The Morgan fingerprint density at radius 2 is 2.24 bits per heavy atom. The lowest BCUT2D eigenvalue weighted by molar-refractivity contribution is 0.128. The van der Waals surface area contributed by atoms with Crippen molar-refractivity contribution < 1.29 is 4.74 Å². The monoisotopic (exact) mass is 275 g/mol. The number of nitrogens with zero attached hydrogens (tertiary/aromatic N) is 3. The summed E-state index contributed by atoms with van der Waals surface area (Å²) >= 11 is 7.77. The van der Waals surface area contributed by atoms with Crippen molar-refractivity contribution in [1.29, 1.82) is 0 Å². The zero-order valence-electron chi connectivity index (χ0n) is 10.4. The van der Waals surface area contributed by atoms with Crippen LogP contribution in [0.1, 0.15) is 12.7 Å². The number of anilines is 1. The molecule has 1 aromatic rings. The Bertz CT molecular complexity index is 351. The molecule has 0 saturated heterocycles. The zero-order chi connectivity index (χ0) is 12.7. The van der Waals surface area contributed by atoms with Crippen molar-refractivity contribution in [3.8, 4) is 0 Å². The van der Waals surface area contributed by atoms with E-state index in [0.29, 0.717) is 24.2 Å². The molecule has 0 saturated carbocycles. The third kappa shape index (κ3) is 5.10. The van der Waals surface area contributed by atoms with E-state index in [2.05, 4.69) is 21.1 Å². The smallest absolute Gasteiger partial charge is 0.158 e. The lowest BCUT2D eigenvalue weighted by atomic mass is 10.5. The van der Waals surface area contributed by atoms with E-state index in [1.54, 1.807) is 17.8 Å². The molecule has 4 nitrogen and oxygen atoms in total. The van der Waals surface area contributed by atoms with Crippen LogP contribution in [-0.4, -0.2) is 42.2 Å². The SMILES string of the molecule is CCOCc1nc(Cl)cc(N(C)CCSC)n1. The molecule has 0 aromatic carbocycles. The molecule has 0 spiro atoms. The lowest BCUT2D eigenvalue weighted by Crippen LogP contribution is -2.22. The molecule has 0 aliphatic rings. The van der Waals surface area contributed by atoms with Gasteiger partial charge < -0.3 is 9.64 Å². The van der Waals surface area contributed by atoms with Crippen LogP contribution in [0.5, 0.6) is 0 Å². The summed E-state index contributed by atoms with van der Waals surface area (Å²) in [4.78, 5) is 10.6. The van der Waals surface area contributed by atoms with Gasteiger partial charge in [-0.1, -0.05) is 11.6 Å². The Hall–Kier alpha value is -0.520. The zero-order valence-corrected chi connectivity index (χ0v) is 12.0. The first-order valence-electron chi connectivity index (χ1n) is 5.48. The van der Waals surface area contributed by atoms with Gasteiger partial charge in [-0.25, -0.2) is 9.97 Å². The number of thioether (sulfide) groups is 1. The highest BCUT2D eigenvalue weighted by molar-refractivity contribution is 7.98. The molecule has 0 aliphatic heterocycles. The standard InChI is InChI=1S/C11H18ClN3OS/c1-4-16-8-10-13-9(12)7-11(14-10)15(2)5-6-17-3/h7H,4-6,8H2,1-3H3. The maximum absolute atomic E-state index is 5.97. The van der Waals surface area contributed by atoms with Gasteiger partial charge in [-0.05, 0) is 13.2 Å². The van der Waals surface area contributed by atoms with Crippen LogP contribution < -0.4 is 4.90 Å². The first kappa shape index (κ1) is 14.5. The Balaban J connectivity index is 2.73.